The van der Waals surface area contributed by atoms with E-state index in [1.54, 1.807) is 24.3 Å². The maximum atomic E-state index is 12.4. The molecule has 1 aliphatic heterocycles. The fourth-order valence-electron chi connectivity index (χ4n) is 3.48. The van der Waals surface area contributed by atoms with Gasteiger partial charge in [0.2, 0.25) is 0 Å². The molecule has 32 heavy (non-hydrogen) atoms. The van der Waals surface area contributed by atoms with Gasteiger partial charge in [-0.1, -0.05) is 42.5 Å². The van der Waals surface area contributed by atoms with E-state index in [1.807, 2.05) is 42.5 Å². The van der Waals surface area contributed by atoms with E-state index in [0.29, 0.717) is 13.0 Å². The van der Waals surface area contributed by atoms with Crippen LogP contribution in [0.4, 0.5) is 0 Å². The summed E-state index contributed by atoms with van der Waals surface area (Å²) in [6.45, 7) is 0.625. The van der Waals surface area contributed by atoms with Crippen LogP contribution in [0.25, 0.3) is 0 Å². The van der Waals surface area contributed by atoms with Crippen LogP contribution in [0, 0.1) is 0 Å². The normalized spacial score (nSPS) is 18.0. The smallest absolute Gasteiger partial charge is 0.258 e. The maximum absolute atomic E-state index is 12.4. The summed E-state index contributed by atoms with van der Waals surface area (Å²) < 4.78 is 5.84. The van der Waals surface area contributed by atoms with Gasteiger partial charge in [-0.15, -0.1) is 0 Å². The van der Waals surface area contributed by atoms with Gasteiger partial charge in [-0.2, -0.15) is 5.10 Å². The van der Waals surface area contributed by atoms with Crippen LogP contribution in [0.5, 0.6) is 11.5 Å². The van der Waals surface area contributed by atoms with Crippen LogP contribution in [-0.2, 0) is 11.2 Å². The lowest BCUT2D eigenvalue weighted by Crippen LogP contribution is -2.41. The molecule has 0 spiro atoms. The Morgan fingerprint density at radius 1 is 1.03 bits per heavy atom. The molecule has 2 unspecified atom stereocenters. The summed E-state index contributed by atoms with van der Waals surface area (Å²) in [6, 6.07) is 24.4. The molecule has 3 aromatic carbocycles. The summed E-state index contributed by atoms with van der Waals surface area (Å²) in [4.78, 5) is 12.4. The minimum atomic E-state index is -0.390. The molecule has 164 valence electrons. The third-order valence-electron chi connectivity index (χ3n) is 5.29. The number of rotatable bonds is 8. The zero-order chi connectivity index (χ0) is 22.2. The Kier molecular flexibility index (Phi) is 7.12. The number of phenols is 1. The highest BCUT2D eigenvalue weighted by Crippen LogP contribution is 2.24. The van der Waals surface area contributed by atoms with Crippen molar-refractivity contribution in [1.82, 2.24) is 16.3 Å². The van der Waals surface area contributed by atoms with Gasteiger partial charge < -0.3 is 9.84 Å². The number of nitrogens with zero attached hydrogens (tertiary/aromatic N) is 1. The van der Waals surface area contributed by atoms with Crippen LogP contribution in [0.3, 0.4) is 0 Å². The number of ether oxygens (including phenoxy) is 1. The quantitative estimate of drug-likeness (QED) is 0.325. The molecular weight excluding hydrogens is 404 g/mol. The lowest BCUT2D eigenvalue weighted by molar-refractivity contribution is -0.122. The average Bonchev–Trinajstić information content (AvgIpc) is 3.32. The van der Waals surface area contributed by atoms with Crippen LogP contribution in [0.1, 0.15) is 29.2 Å². The maximum Gasteiger partial charge on any atom is 0.258 e. The molecule has 1 heterocycles. The molecule has 0 bridgehead atoms. The molecule has 4 N–H and O–H groups in total. The number of amides is 1. The van der Waals surface area contributed by atoms with Crippen LogP contribution in [0.15, 0.2) is 84.0 Å². The number of nitrogens with one attached hydrogen (secondary N) is 3. The largest absolute Gasteiger partial charge is 0.508 e. The number of hydrazone groups is 1. The number of hydrogen-bond donors (Lipinski definition) is 4. The van der Waals surface area contributed by atoms with E-state index in [2.05, 4.69) is 33.5 Å². The minimum absolute atomic E-state index is 0.0187. The molecular formula is C25H26N4O3. The number of phenolic OH excluding ortho intramolecular Hbond substituents is 1. The van der Waals surface area contributed by atoms with Crippen LogP contribution >= 0.6 is 0 Å². The van der Waals surface area contributed by atoms with Crippen molar-refractivity contribution < 1.29 is 14.6 Å². The predicted molar refractivity (Wildman–Crippen MR) is 123 cm³/mol. The number of aromatic hydroxyl groups is 1. The van der Waals surface area contributed by atoms with E-state index < -0.39 is 6.04 Å². The second-order valence-electron chi connectivity index (χ2n) is 7.61. The van der Waals surface area contributed by atoms with Crippen molar-refractivity contribution in [2.45, 2.75) is 24.9 Å². The first-order chi connectivity index (χ1) is 15.7. The molecule has 1 fully saturated rings. The Bertz CT molecular complexity index is 1040. The second-order valence-corrected chi connectivity index (χ2v) is 7.61. The lowest BCUT2D eigenvalue weighted by atomic mass is 10.0. The van der Waals surface area contributed by atoms with Gasteiger partial charge in [0.1, 0.15) is 17.5 Å². The van der Waals surface area contributed by atoms with Crippen LogP contribution in [-0.4, -0.2) is 29.9 Å². The Hall–Kier alpha value is -3.68. The van der Waals surface area contributed by atoms with E-state index in [-0.39, 0.29) is 17.7 Å². The van der Waals surface area contributed by atoms with Gasteiger partial charge >= 0.3 is 0 Å². The van der Waals surface area contributed by atoms with Crippen molar-refractivity contribution in [1.29, 1.82) is 0 Å². The van der Waals surface area contributed by atoms with Gasteiger partial charge in [0, 0.05) is 12.5 Å². The number of hydrogen-bond acceptors (Lipinski definition) is 6. The fraction of sp³-hybridized carbons (Fsp3) is 0.200. The molecule has 0 aliphatic carbocycles. The van der Waals surface area contributed by atoms with Crippen molar-refractivity contribution in [3.63, 3.8) is 0 Å². The number of benzene rings is 3. The van der Waals surface area contributed by atoms with Crippen molar-refractivity contribution in [3.05, 3.63) is 95.6 Å². The molecule has 3 aromatic rings. The standard InChI is InChI=1S/C25H26N4O3/c30-21-10-6-19(7-11-21)17-26-29-25(31)24-16-23(27-28-24)20-8-12-22(13-9-20)32-15-14-18-4-2-1-3-5-18/h1-13,17,23-24,27-28,30H,14-16H2,(H,29,31)/b26-17+. The highest BCUT2D eigenvalue weighted by Gasteiger charge is 2.30. The Morgan fingerprint density at radius 2 is 1.78 bits per heavy atom. The van der Waals surface area contributed by atoms with Crippen LogP contribution < -0.4 is 21.0 Å². The van der Waals surface area contributed by atoms with Gasteiger partial charge in [0.25, 0.3) is 5.91 Å². The lowest BCUT2D eigenvalue weighted by Gasteiger charge is -2.11. The number of hydrazine groups is 1. The molecule has 7 heteroatoms. The van der Waals surface area contributed by atoms with Gasteiger partial charge in [-0.3, -0.25) is 4.79 Å². The third kappa shape index (κ3) is 5.94. The first kappa shape index (κ1) is 21.5. The second kappa shape index (κ2) is 10.6. The van der Waals surface area contributed by atoms with Crippen LogP contribution in [0.2, 0.25) is 0 Å². The zero-order valence-electron chi connectivity index (χ0n) is 17.6. The molecule has 1 saturated heterocycles. The molecule has 2 atom stereocenters. The van der Waals surface area contributed by atoms with Gasteiger partial charge in [-0.25, -0.2) is 16.3 Å². The molecule has 4 rings (SSSR count). The highest BCUT2D eigenvalue weighted by atomic mass is 16.5. The van der Waals surface area contributed by atoms with Gasteiger partial charge in [0.05, 0.1) is 12.8 Å². The van der Waals surface area contributed by atoms with E-state index in [4.69, 9.17) is 4.74 Å². The molecule has 1 amide bonds. The van der Waals surface area contributed by atoms with Crippen molar-refractivity contribution in [2.75, 3.05) is 6.61 Å². The molecule has 0 aromatic heterocycles. The van der Waals surface area contributed by atoms with Gasteiger partial charge in [-0.05, 0) is 59.5 Å². The van der Waals surface area contributed by atoms with E-state index >= 15 is 0 Å². The zero-order valence-corrected chi connectivity index (χ0v) is 17.6. The summed E-state index contributed by atoms with van der Waals surface area (Å²) in [5.41, 5.74) is 11.9. The van der Waals surface area contributed by atoms with E-state index in [0.717, 1.165) is 23.3 Å². The molecule has 0 saturated carbocycles. The molecule has 0 radical (unpaired) electrons. The highest BCUT2D eigenvalue weighted by molar-refractivity contribution is 5.85. The van der Waals surface area contributed by atoms with E-state index in [1.165, 1.54) is 11.8 Å². The Labute approximate surface area is 187 Å². The van der Waals surface area contributed by atoms with Crippen molar-refractivity contribution in [3.8, 4) is 11.5 Å². The minimum Gasteiger partial charge on any atom is -0.508 e. The first-order valence-corrected chi connectivity index (χ1v) is 10.6. The van der Waals surface area contributed by atoms with E-state index in [9.17, 15) is 9.90 Å². The summed E-state index contributed by atoms with van der Waals surface area (Å²) >= 11 is 0. The number of carbonyl (C=O) groups excluding carboxylic acids is 1. The predicted octanol–water partition coefficient (Wildman–Crippen LogP) is 3.07. The van der Waals surface area contributed by atoms with Crippen molar-refractivity contribution in [2.24, 2.45) is 5.10 Å². The average molecular weight is 431 g/mol. The Balaban J connectivity index is 1.22. The number of carbonyl (C=O) groups is 1. The SMILES string of the molecule is O=C(N/N=C/c1ccc(O)cc1)C1CC(c2ccc(OCCc3ccccc3)cc2)NN1. The topological polar surface area (TPSA) is 95.0 Å². The fourth-order valence-corrected chi connectivity index (χ4v) is 3.48. The molecule has 7 nitrogen and oxygen atoms in total. The summed E-state index contributed by atoms with van der Waals surface area (Å²) in [5.74, 6) is 0.801. The summed E-state index contributed by atoms with van der Waals surface area (Å²) in [6.07, 6.45) is 3.01. The first-order valence-electron chi connectivity index (χ1n) is 10.6. The molecule has 1 aliphatic rings. The summed E-state index contributed by atoms with van der Waals surface area (Å²) in [7, 11) is 0. The summed E-state index contributed by atoms with van der Waals surface area (Å²) in [5, 5.41) is 13.3. The monoisotopic (exact) mass is 430 g/mol. The Morgan fingerprint density at radius 3 is 2.53 bits per heavy atom. The van der Waals surface area contributed by atoms with Gasteiger partial charge in [0.15, 0.2) is 0 Å². The third-order valence-corrected chi connectivity index (χ3v) is 5.29. The van der Waals surface area contributed by atoms with Crippen molar-refractivity contribution >= 4 is 12.1 Å².